The zero-order valence-corrected chi connectivity index (χ0v) is 19.4. The molecule has 4 N–H and O–H groups in total. The number of hydrazine groups is 1. The van der Waals surface area contributed by atoms with E-state index < -0.39 is 11.6 Å². The van der Waals surface area contributed by atoms with E-state index in [9.17, 15) is 8.78 Å². The van der Waals surface area contributed by atoms with Crippen molar-refractivity contribution < 1.29 is 23.0 Å². The number of aryl methyl sites for hydroxylation is 3. The van der Waals surface area contributed by atoms with Crippen LogP contribution in [-0.2, 0) is 11.4 Å². The van der Waals surface area contributed by atoms with E-state index in [2.05, 4.69) is 24.1 Å². The first-order chi connectivity index (χ1) is 15.8. The highest BCUT2D eigenvalue weighted by molar-refractivity contribution is 5.75. The van der Waals surface area contributed by atoms with Gasteiger partial charge in [0, 0.05) is 29.9 Å². The predicted octanol–water partition coefficient (Wildman–Crippen LogP) is 4.79. The van der Waals surface area contributed by atoms with E-state index in [0.29, 0.717) is 24.3 Å². The molecule has 3 aromatic carbocycles. The third kappa shape index (κ3) is 6.20. The molecule has 8 heteroatoms. The van der Waals surface area contributed by atoms with Crippen LogP contribution in [0.4, 0.5) is 14.5 Å². The number of ether oxygens (including phenoxy) is 2. The largest absolute Gasteiger partial charge is 0.496 e. The minimum Gasteiger partial charge on any atom is -0.496 e. The second kappa shape index (κ2) is 11.8. The van der Waals surface area contributed by atoms with Gasteiger partial charge < -0.3 is 14.8 Å². The highest BCUT2D eigenvalue weighted by Gasteiger charge is 2.16. The van der Waals surface area contributed by atoms with Crippen molar-refractivity contribution in [2.75, 3.05) is 19.5 Å². The van der Waals surface area contributed by atoms with Gasteiger partial charge in [-0.1, -0.05) is 12.1 Å². The molecule has 1 amide bonds. The molecule has 6 nitrogen and oxygen atoms in total. The third-order valence-electron chi connectivity index (χ3n) is 5.17. The first-order valence-electron chi connectivity index (χ1n) is 10.2. The number of halogens is 2. The highest BCUT2D eigenvalue weighted by Crippen LogP contribution is 2.37. The molecule has 0 aliphatic heterocycles. The number of hydrogen-bond acceptors (Lipinski definition) is 5. The number of nitrogens with one attached hydrogen (secondary N) is 2. The van der Waals surface area contributed by atoms with Crippen LogP contribution >= 0.6 is 0 Å². The minimum absolute atomic E-state index is 0.290. The van der Waals surface area contributed by atoms with Gasteiger partial charge in [0.25, 0.3) is 0 Å². The van der Waals surface area contributed by atoms with Crippen molar-refractivity contribution in [2.45, 2.75) is 27.4 Å². The van der Waals surface area contributed by atoms with Gasteiger partial charge in [0.2, 0.25) is 6.41 Å². The van der Waals surface area contributed by atoms with Gasteiger partial charge >= 0.3 is 0 Å². The summed E-state index contributed by atoms with van der Waals surface area (Å²) in [5, 5.41) is 3.19. The number of hydrogen-bond donors (Lipinski definition) is 3. The maximum atomic E-state index is 13.8. The lowest BCUT2D eigenvalue weighted by Gasteiger charge is -2.17. The van der Waals surface area contributed by atoms with Crippen LogP contribution in [0.1, 0.15) is 22.3 Å². The van der Waals surface area contributed by atoms with E-state index in [4.69, 9.17) is 14.3 Å². The lowest BCUT2D eigenvalue weighted by atomic mass is 9.96. The number of carbonyl (C=O) groups is 1. The predicted molar refractivity (Wildman–Crippen MR) is 126 cm³/mol. The summed E-state index contributed by atoms with van der Waals surface area (Å²) in [6.45, 7) is 6.32. The fourth-order valence-electron chi connectivity index (χ4n) is 3.42. The third-order valence-corrected chi connectivity index (χ3v) is 5.17. The maximum absolute atomic E-state index is 13.8. The van der Waals surface area contributed by atoms with Crippen LogP contribution in [0.2, 0.25) is 0 Å². The van der Waals surface area contributed by atoms with Gasteiger partial charge in [-0.15, -0.1) is 0 Å². The Morgan fingerprint density at radius 1 is 0.939 bits per heavy atom. The molecule has 3 aromatic rings. The molecule has 0 aliphatic carbocycles. The molecule has 0 saturated heterocycles. The second-order valence-electron chi connectivity index (χ2n) is 7.32. The molecule has 0 aromatic heterocycles. The van der Waals surface area contributed by atoms with Gasteiger partial charge in [0.1, 0.15) is 18.1 Å². The standard InChI is InChI=1S/C24H25F2NO2.CH4N2O/c1-14-7-6-8-22(27-4)19(14)13-29-23-10-15(2)17(9-16(23)3)18-11-20(25)21(26)12-24(18)28-5;2-3-1-4/h6-12,27H,13H2,1-5H3;1H,2H2,(H,3,4). The van der Waals surface area contributed by atoms with Crippen LogP contribution in [0.25, 0.3) is 11.1 Å². The zero-order chi connectivity index (χ0) is 24.5. The lowest BCUT2D eigenvalue weighted by Crippen LogP contribution is -2.18. The van der Waals surface area contributed by atoms with Gasteiger partial charge in [-0.2, -0.15) is 0 Å². The Morgan fingerprint density at radius 2 is 1.61 bits per heavy atom. The molecule has 0 bridgehead atoms. The molecule has 0 saturated carbocycles. The number of carbonyl (C=O) groups excluding carboxylic acids is 1. The minimum atomic E-state index is -0.932. The smallest absolute Gasteiger partial charge is 0.221 e. The Bertz CT molecular complexity index is 1120. The lowest BCUT2D eigenvalue weighted by molar-refractivity contribution is -0.109. The van der Waals surface area contributed by atoms with Crippen LogP contribution in [0, 0.1) is 32.4 Å². The number of rotatable bonds is 7. The maximum Gasteiger partial charge on any atom is 0.221 e. The molecule has 33 heavy (non-hydrogen) atoms. The Morgan fingerprint density at radius 3 is 2.21 bits per heavy atom. The highest BCUT2D eigenvalue weighted by atomic mass is 19.2. The zero-order valence-electron chi connectivity index (χ0n) is 19.4. The molecule has 0 aliphatic rings. The van der Waals surface area contributed by atoms with Crippen molar-refractivity contribution >= 4 is 12.1 Å². The molecule has 0 spiro atoms. The first-order valence-corrected chi connectivity index (χ1v) is 10.2. The number of anilines is 1. The fraction of sp³-hybridized carbons (Fsp3) is 0.240. The number of nitrogens with two attached hydrogens (primary N) is 1. The molecular weight excluding hydrogens is 428 g/mol. The summed E-state index contributed by atoms with van der Waals surface area (Å²) in [6.07, 6.45) is 0.403. The summed E-state index contributed by atoms with van der Waals surface area (Å²) in [5.74, 6) is 3.61. The summed E-state index contributed by atoms with van der Waals surface area (Å²) in [4.78, 5) is 8.94. The molecule has 0 unspecified atom stereocenters. The number of methoxy groups -OCH3 is 1. The van der Waals surface area contributed by atoms with Crippen molar-refractivity contribution in [1.29, 1.82) is 0 Å². The van der Waals surface area contributed by atoms with E-state index in [-0.39, 0.29) is 0 Å². The molecular formula is C25H29F2N3O3. The SMILES string of the molecule is CNc1cccc(C)c1COc1cc(C)c(-c2cc(F)c(F)cc2OC)cc1C.NNC=O. The van der Waals surface area contributed by atoms with Crippen molar-refractivity contribution in [2.24, 2.45) is 5.84 Å². The van der Waals surface area contributed by atoms with Crippen LogP contribution in [0.3, 0.4) is 0 Å². The quantitative estimate of drug-likeness (QED) is 0.206. The van der Waals surface area contributed by atoms with E-state index >= 15 is 0 Å². The Labute approximate surface area is 192 Å². The first kappa shape index (κ1) is 25.6. The molecule has 3 rings (SSSR count). The van der Waals surface area contributed by atoms with Crippen molar-refractivity contribution in [3.63, 3.8) is 0 Å². The molecule has 0 radical (unpaired) electrons. The van der Waals surface area contributed by atoms with Gasteiger partial charge in [0.05, 0.1) is 7.11 Å². The number of amides is 1. The average molecular weight is 458 g/mol. The molecule has 0 atom stereocenters. The van der Waals surface area contributed by atoms with E-state index in [1.807, 2.05) is 45.2 Å². The van der Waals surface area contributed by atoms with Gasteiger partial charge in [0.15, 0.2) is 11.6 Å². The Hall–Kier alpha value is -3.65. The van der Waals surface area contributed by atoms with Crippen LogP contribution < -0.4 is 26.1 Å². The normalized spacial score (nSPS) is 10.1. The summed E-state index contributed by atoms with van der Waals surface area (Å²) < 4.78 is 38.8. The van der Waals surface area contributed by atoms with E-state index in [1.54, 1.807) is 5.43 Å². The van der Waals surface area contributed by atoms with Crippen LogP contribution in [0.15, 0.2) is 42.5 Å². The Balaban J connectivity index is 0.000000890. The van der Waals surface area contributed by atoms with Crippen molar-refractivity contribution in [3.8, 4) is 22.6 Å². The molecule has 0 heterocycles. The van der Waals surface area contributed by atoms with Gasteiger partial charge in [-0.25, -0.2) is 14.6 Å². The van der Waals surface area contributed by atoms with E-state index in [1.165, 1.54) is 13.2 Å². The van der Waals surface area contributed by atoms with Crippen LogP contribution in [0.5, 0.6) is 11.5 Å². The van der Waals surface area contributed by atoms with Gasteiger partial charge in [-0.05, 0) is 67.3 Å². The average Bonchev–Trinajstić information content (AvgIpc) is 2.81. The monoisotopic (exact) mass is 457 g/mol. The molecule has 176 valence electrons. The van der Waals surface area contributed by atoms with Crippen LogP contribution in [-0.4, -0.2) is 20.6 Å². The second-order valence-corrected chi connectivity index (χ2v) is 7.32. The van der Waals surface area contributed by atoms with E-state index in [0.717, 1.165) is 45.3 Å². The summed E-state index contributed by atoms with van der Waals surface area (Å²) >= 11 is 0. The van der Waals surface area contributed by atoms with Crippen molar-refractivity contribution in [1.82, 2.24) is 5.43 Å². The summed E-state index contributed by atoms with van der Waals surface area (Å²) in [5.41, 5.74) is 8.09. The summed E-state index contributed by atoms with van der Waals surface area (Å²) in [6, 6.07) is 12.1. The van der Waals surface area contributed by atoms with Crippen molar-refractivity contribution in [3.05, 3.63) is 76.4 Å². The topological polar surface area (TPSA) is 85.6 Å². The van der Waals surface area contributed by atoms with Gasteiger partial charge in [-0.3, -0.25) is 10.2 Å². The Kier molecular flexibility index (Phi) is 9.18. The summed E-state index contributed by atoms with van der Waals surface area (Å²) in [7, 11) is 3.33. The molecule has 0 fully saturated rings. The fourth-order valence-corrected chi connectivity index (χ4v) is 3.42. The number of benzene rings is 3.